The average molecular weight is 175 g/mol. The molecule has 1 saturated heterocycles. The van der Waals surface area contributed by atoms with E-state index in [1.165, 1.54) is 30.5 Å². The molecule has 1 aliphatic rings. The standard InChI is InChI=1S/C12H17N/c1-2-10-5-3-6-11(9-10)12-7-4-8-13-12/h3,5-6,9,12-13H,2,4,7-8H2,1H3/t12-/m0/s1. The molecule has 13 heavy (non-hydrogen) atoms. The predicted octanol–water partition coefficient (Wildman–Crippen LogP) is 2.67. The largest absolute Gasteiger partial charge is 0.310 e. The second-order valence-electron chi connectivity index (χ2n) is 3.75. The molecule has 0 aromatic heterocycles. The van der Waals surface area contributed by atoms with Crippen molar-refractivity contribution in [1.29, 1.82) is 0 Å². The van der Waals surface area contributed by atoms with Crippen molar-refractivity contribution in [3.05, 3.63) is 35.4 Å². The van der Waals surface area contributed by atoms with Crippen molar-refractivity contribution in [2.45, 2.75) is 32.2 Å². The molecule has 0 saturated carbocycles. The summed E-state index contributed by atoms with van der Waals surface area (Å²) in [6.07, 6.45) is 3.76. The molecular weight excluding hydrogens is 158 g/mol. The van der Waals surface area contributed by atoms with E-state index in [0.29, 0.717) is 6.04 Å². The zero-order valence-electron chi connectivity index (χ0n) is 8.22. The van der Waals surface area contributed by atoms with Crippen molar-refractivity contribution < 1.29 is 0 Å². The lowest BCUT2D eigenvalue weighted by Crippen LogP contribution is -2.12. The van der Waals surface area contributed by atoms with Crippen molar-refractivity contribution in [2.24, 2.45) is 0 Å². The van der Waals surface area contributed by atoms with Crippen molar-refractivity contribution >= 4 is 0 Å². The molecule has 0 bridgehead atoms. The van der Waals surface area contributed by atoms with Gasteiger partial charge < -0.3 is 5.32 Å². The van der Waals surface area contributed by atoms with Gasteiger partial charge in [0, 0.05) is 6.04 Å². The van der Waals surface area contributed by atoms with Gasteiger partial charge in [0.15, 0.2) is 0 Å². The monoisotopic (exact) mass is 175 g/mol. The van der Waals surface area contributed by atoms with Crippen LogP contribution in [0.1, 0.15) is 36.9 Å². The number of aryl methyl sites for hydroxylation is 1. The second kappa shape index (κ2) is 3.93. The molecule has 0 aliphatic carbocycles. The van der Waals surface area contributed by atoms with E-state index in [4.69, 9.17) is 0 Å². The van der Waals surface area contributed by atoms with Crippen LogP contribution in [0.4, 0.5) is 0 Å². The summed E-state index contributed by atoms with van der Waals surface area (Å²) in [4.78, 5) is 0. The van der Waals surface area contributed by atoms with E-state index in [-0.39, 0.29) is 0 Å². The third-order valence-corrected chi connectivity index (χ3v) is 2.82. The molecule has 1 N–H and O–H groups in total. The molecule has 1 aliphatic heterocycles. The van der Waals surface area contributed by atoms with Gasteiger partial charge in [-0.3, -0.25) is 0 Å². The van der Waals surface area contributed by atoms with E-state index >= 15 is 0 Å². The Labute approximate surface area is 80.2 Å². The smallest absolute Gasteiger partial charge is 0.0320 e. The van der Waals surface area contributed by atoms with E-state index in [9.17, 15) is 0 Å². The fourth-order valence-corrected chi connectivity index (χ4v) is 2.00. The minimum atomic E-state index is 0.617. The van der Waals surface area contributed by atoms with E-state index in [1.54, 1.807) is 0 Å². The van der Waals surface area contributed by atoms with Crippen LogP contribution in [0.5, 0.6) is 0 Å². The first kappa shape index (κ1) is 8.76. The molecule has 70 valence electrons. The summed E-state index contributed by atoms with van der Waals surface area (Å²) >= 11 is 0. The molecule has 1 fully saturated rings. The number of hydrogen-bond acceptors (Lipinski definition) is 1. The summed E-state index contributed by atoms with van der Waals surface area (Å²) in [5.41, 5.74) is 2.92. The van der Waals surface area contributed by atoms with Crippen LogP contribution in [0.3, 0.4) is 0 Å². The number of benzene rings is 1. The predicted molar refractivity (Wildman–Crippen MR) is 55.8 cm³/mol. The summed E-state index contributed by atoms with van der Waals surface area (Å²) in [7, 11) is 0. The minimum Gasteiger partial charge on any atom is -0.310 e. The van der Waals surface area contributed by atoms with Crippen LogP contribution in [-0.2, 0) is 6.42 Å². The molecule has 0 spiro atoms. The van der Waals surface area contributed by atoms with Gasteiger partial charge in [-0.15, -0.1) is 0 Å². The highest BCUT2D eigenvalue weighted by molar-refractivity contribution is 5.26. The normalized spacial score (nSPS) is 22.1. The molecule has 1 nitrogen and oxygen atoms in total. The van der Waals surface area contributed by atoms with Crippen LogP contribution in [0.2, 0.25) is 0 Å². The Morgan fingerprint density at radius 1 is 1.46 bits per heavy atom. The molecule has 0 radical (unpaired) electrons. The number of hydrogen-bond donors (Lipinski definition) is 1. The highest BCUT2D eigenvalue weighted by Gasteiger charge is 2.15. The Morgan fingerprint density at radius 3 is 3.08 bits per heavy atom. The zero-order chi connectivity index (χ0) is 9.10. The molecule has 1 aromatic rings. The van der Waals surface area contributed by atoms with Crippen molar-refractivity contribution in [3.8, 4) is 0 Å². The van der Waals surface area contributed by atoms with Gasteiger partial charge in [0.05, 0.1) is 0 Å². The van der Waals surface area contributed by atoms with Gasteiger partial charge in [-0.1, -0.05) is 31.2 Å². The van der Waals surface area contributed by atoms with Crippen LogP contribution < -0.4 is 5.32 Å². The summed E-state index contributed by atoms with van der Waals surface area (Å²) < 4.78 is 0. The third kappa shape index (κ3) is 1.92. The zero-order valence-corrected chi connectivity index (χ0v) is 8.22. The first-order valence-electron chi connectivity index (χ1n) is 5.22. The molecule has 2 rings (SSSR count). The van der Waals surface area contributed by atoms with Gasteiger partial charge in [-0.05, 0) is 36.9 Å². The molecule has 1 heteroatoms. The lowest BCUT2D eigenvalue weighted by atomic mass is 10.0. The van der Waals surface area contributed by atoms with Crippen LogP contribution in [0, 0.1) is 0 Å². The maximum Gasteiger partial charge on any atom is 0.0320 e. The Hall–Kier alpha value is -0.820. The summed E-state index contributed by atoms with van der Waals surface area (Å²) in [5.74, 6) is 0. The van der Waals surface area contributed by atoms with Crippen molar-refractivity contribution in [2.75, 3.05) is 6.54 Å². The minimum absolute atomic E-state index is 0.617. The summed E-state index contributed by atoms with van der Waals surface area (Å²) in [6, 6.07) is 9.57. The third-order valence-electron chi connectivity index (χ3n) is 2.82. The van der Waals surface area contributed by atoms with E-state index in [2.05, 4.69) is 36.5 Å². The van der Waals surface area contributed by atoms with Crippen LogP contribution in [0.15, 0.2) is 24.3 Å². The Kier molecular flexibility index (Phi) is 2.65. The van der Waals surface area contributed by atoms with Crippen LogP contribution >= 0.6 is 0 Å². The molecule has 0 unspecified atom stereocenters. The molecule has 1 heterocycles. The Balaban J connectivity index is 2.18. The second-order valence-corrected chi connectivity index (χ2v) is 3.75. The molecule has 0 amide bonds. The molecule has 1 aromatic carbocycles. The Bertz CT molecular complexity index is 274. The first-order chi connectivity index (χ1) is 6.40. The van der Waals surface area contributed by atoms with E-state index in [0.717, 1.165) is 6.42 Å². The number of rotatable bonds is 2. The quantitative estimate of drug-likeness (QED) is 0.728. The first-order valence-corrected chi connectivity index (χ1v) is 5.22. The molecular formula is C12H17N. The van der Waals surface area contributed by atoms with E-state index < -0.39 is 0 Å². The van der Waals surface area contributed by atoms with Crippen LogP contribution in [0.25, 0.3) is 0 Å². The maximum absolute atomic E-state index is 3.52. The number of nitrogens with one attached hydrogen (secondary N) is 1. The SMILES string of the molecule is CCc1cccc([C@@H]2CCCN2)c1. The van der Waals surface area contributed by atoms with Gasteiger partial charge in [0.1, 0.15) is 0 Å². The highest BCUT2D eigenvalue weighted by Crippen LogP contribution is 2.23. The summed E-state index contributed by atoms with van der Waals surface area (Å²) in [5, 5.41) is 3.52. The van der Waals surface area contributed by atoms with Gasteiger partial charge in [0.2, 0.25) is 0 Å². The van der Waals surface area contributed by atoms with Gasteiger partial charge in [-0.25, -0.2) is 0 Å². The van der Waals surface area contributed by atoms with Gasteiger partial charge in [-0.2, -0.15) is 0 Å². The van der Waals surface area contributed by atoms with E-state index in [1.807, 2.05) is 0 Å². The average Bonchev–Trinajstić information content (AvgIpc) is 2.71. The van der Waals surface area contributed by atoms with Crippen LogP contribution in [-0.4, -0.2) is 6.54 Å². The van der Waals surface area contributed by atoms with Gasteiger partial charge in [0.25, 0.3) is 0 Å². The van der Waals surface area contributed by atoms with Crippen molar-refractivity contribution in [3.63, 3.8) is 0 Å². The highest BCUT2D eigenvalue weighted by atomic mass is 14.9. The molecule has 1 atom stereocenters. The summed E-state index contributed by atoms with van der Waals surface area (Å²) in [6.45, 7) is 3.39. The lowest BCUT2D eigenvalue weighted by molar-refractivity contribution is 0.647. The Morgan fingerprint density at radius 2 is 2.38 bits per heavy atom. The van der Waals surface area contributed by atoms with Crippen molar-refractivity contribution in [1.82, 2.24) is 5.32 Å². The fraction of sp³-hybridized carbons (Fsp3) is 0.500. The maximum atomic E-state index is 3.52. The van der Waals surface area contributed by atoms with Gasteiger partial charge >= 0.3 is 0 Å². The lowest BCUT2D eigenvalue weighted by Gasteiger charge is -2.11. The topological polar surface area (TPSA) is 12.0 Å². The fourth-order valence-electron chi connectivity index (χ4n) is 2.00.